The lowest BCUT2D eigenvalue weighted by Gasteiger charge is -2.49. The molecule has 2 bridgehead atoms. The van der Waals surface area contributed by atoms with Crippen LogP contribution in [0.2, 0.25) is 0 Å². The second-order valence-corrected chi connectivity index (χ2v) is 7.89. The second-order valence-electron chi connectivity index (χ2n) is 7.89. The summed E-state index contributed by atoms with van der Waals surface area (Å²) in [6.07, 6.45) is 17.5. The van der Waals surface area contributed by atoms with E-state index in [-0.39, 0.29) is 0 Å². The Morgan fingerprint density at radius 3 is 2.33 bits per heavy atom. The van der Waals surface area contributed by atoms with E-state index in [0.717, 1.165) is 24.0 Å². The Labute approximate surface area is 132 Å². The zero-order valence-electron chi connectivity index (χ0n) is 14.2. The maximum atomic E-state index is 3.79. The van der Waals surface area contributed by atoms with Gasteiger partial charge in [0, 0.05) is 18.1 Å². The summed E-state index contributed by atoms with van der Waals surface area (Å²) < 4.78 is 0. The molecule has 2 aliphatic heterocycles. The Kier molecular flexibility index (Phi) is 5.99. The summed E-state index contributed by atoms with van der Waals surface area (Å²) in [6, 6.07) is 2.61. The average Bonchev–Trinajstić information content (AvgIpc) is 2.98. The molecular weight excluding hydrogens is 256 g/mol. The number of hydrogen-bond acceptors (Lipinski definition) is 2. The first-order valence-corrected chi connectivity index (χ1v) is 9.86. The molecule has 0 amide bonds. The van der Waals surface area contributed by atoms with Gasteiger partial charge < -0.3 is 5.32 Å². The highest BCUT2D eigenvalue weighted by molar-refractivity contribution is 4.95. The van der Waals surface area contributed by atoms with Gasteiger partial charge in [-0.2, -0.15) is 0 Å². The number of hydrogen-bond donors (Lipinski definition) is 1. The monoisotopic (exact) mass is 292 g/mol. The van der Waals surface area contributed by atoms with Gasteiger partial charge in [-0.3, -0.25) is 4.90 Å². The van der Waals surface area contributed by atoms with E-state index in [1.165, 1.54) is 90.1 Å². The lowest BCUT2D eigenvalue weighted by atomic mass is 9.81. The highest BCUT2D eigenvalue weighted by atomic mass is 15.2. The summed E-state index contributed by atoms with van der Waals surface area (Å²) in [6.45, 7) is 4.89. The molecule has 21 heavy (non-hydrogen) atoms. The van der Waals surface area contributed by atoms with E-state index in [0.29, 0.717) is 0 Å². The molecule has 2 unspecified atom stereocenters. The SMILES string of the molecule is CCCNC1CC2CCCC(C1)N2CCCC1CCCC1. The molecule has 2 nitrogen and oxygen atoms in total. The van der Waals surface area contributed by atoms with Crippen LogP contribution < -0.4 is 5.32 Å². The first kappa shape index (κ1) is 15.8. The van der Waals surface area contributed by atoms with Crippen molar-refractivity contribution in [1.29, 1.82) is 0 Å². The zero-order valence-corrected chi connectivity index (χ0v) is 14.2. The van der Waals surface area contributed by atoms with Gasteiger partial charge in [0.25, 0.3) is 0 Å². The molecular formula is C19H36N2. The van der Waals surface area contributed by atoms with Crippen LogP contribution >= 0.6 is 0 Å². The minimum Gasteiger partial charge on any atom is -0.314 e. The van der Waals surface area contributed by atoms with Crippen molar-refractivity contribution in [1.82, 2.24) is 10.2 Å². The Hall–Kier alpha value is -0.0800. The van der Waals surface area contributed by atoms with Crippen LogP contribution in [-0.2, 0) is 0 Å². The van der Waals surface area contributed by atoms with Crippen molar-refractivity contribution >= 4 is 0 Å². The van der Waals surface area contributed by atoms with Gasteiger partial charge in [-0.1, -0.05) is 39.0 Å². The maximum Gasteiger partial charge on any atom is 0.0113 e. The van der Waals surface area contributed by atoms with Gasteiger partial charge in [-0.15, -0.1) is 0 Å². The Morgan fingerprint density at radius 2 is 1.67 bits per heavy atom. The van der Waals surface area contributed by atoms with E-state index in [2.05, 4.69) is 17.1 Å². The van der Waals surface area contributed by atoms with Crippen molar-refractivity contribution in [3.8, 4) is 0 Å². The van der Waals surface area contributed by atoms with Crippen molar-refractivity contribution < 1.29 is 0 Å². The molecule has 2 heterocycles. The molecule has 2 heteroatoms. The van der Waals surface area contributed by atoms with Crippen molar-refractivity contribution in [2.75, 3.05) is 13.1 Å². The van der Waals surface area contributed by atoms with Gasteiger partial charge in [0.05, 0.1) is 0 Å². The summed E-state index contributed by atoms with van der Waals surface area (Å²) in [5, 5.41) is 3.79. The molecule has 3 fully saturated rings. The smallest absolute Gasteiger partial charge is 0.0113 e. The number of rotatable bonds is 7. The molecule has 122 valence electrons. The molecule has 3 aliphatic rings. The summed E-state index contributed by atoms with van der Waals surface area (Å²) in [5.74, 6) is 1.08. The number of fused-ring (bicyclic) bond motifs is 2. The minimum atomic E-state index is 0.811. The van der Waals surface area contributed by atoms with Crippen LogP contribution in [0.25, 0.3) is 0 Å². The molecule has 0 spiro atoms. The third kappa shape index (κ3) is 4.22. The van der Waals surface area contributed by atoms with Crippen LogP contribution in [0.1, 0.15) is 84.0 Å². The van der Waals surface area contributed by atoms with E-state index in [4.69, 9.17) is 0 Å². The first-order chi connectivity index (χ1) is 10.4. The van der Waals surface area contributed by atoms with Gasteiger partial charge in [-0.25, -0.2) is 0 Å². The lowest BCUT2D eigenvalue weighted by Crippen LogP contribution is -2.56. The predicted molar refractivity (Wildman–Crippen MR) is 90.6 cm³/mol. The molecule has 2 atom stereocenters. The Balaban J connectivity index is 1.44. The van der Waals surface area contributed by atoms with Gasteiger partial charge in [0.1, 0.15) is 0 Å². The van der Waals surface area contributed by atoms with E-state index in [1.807, 2.05) is 0 Å². The highest BCUT2D eigenvalue weighted by Crippen LogP contribution is 2.35. The minimum absolute atomic E-state index is 0.811. The first-order valence-electron chi connectivity index (χ1n) is 9.86. The fraction of sp³-hybridized carbons (Fsp3) is 1.00. The normalized spacial score (nSPS) is 34.4. The van der Waals surface area contributed by atoms with Crippen LogP contribution in [0, 0.1) is 5.92 Å². The number of nitrogens with one attached hydrogen (secondary N) is 1. The van der Waals surface area contributed by atoms with Crippen molar-refractivity contribution in [3.05, 3.63) is 0 Å². The van der Waals surface area contributed by atoms with E-state index < -0.39 is 0 Å². The fourth-order valence-corrected chi connectivity index (χ4v) is 5.22. The molecule has 2 saturated heterocycles. The van der Waals surface area contributed by atoms with Gasteiger partial charge >= 0.3 is 0 Å². The summed E-state index contributed by atoms with van der Waals surface area (Å²) >= 11 is 0. The molecule has 0 aromatic heterocycles. The molecule has 0 radical (unpaired) electrons. The van der Waals surface area contributed by atoms with Crippen LogP contribution in [0.5, 0.6) is 0 Å². The third-order valence-corrected chi connectivity index (χ3v) is 6.31. The summed E-state index contributed by atoms with van der Waals surface area (Å²) in [4.78, 5) is 2.92. The predicted octanol–water partition coefficient (Wildman–Crippen LogP) is 4.34. The van der Waals surface area contributed by atoms with E-state index in [9.17, 15) is 0 Å². The van der Waals surface area contributed by atoms with Gasteiger partial charge in [0.15, 0.2) is 0 Å². The quantitative estimate of drug-likeness (QED) is 0.751. The lowest BCUT2D eigenvalue weighted by molar-refractivity contribution is 0.0226. The van der Waals surface area contributed by atoms with Gasteiger partial charge in [-0.05, 0) is 64.0 Å². The highest BCUT2D eigenvalue weighted by Gasteiger charge is 2.37. The van der Waals surface area contributed by atoms with Crippen LogP contribution in [0.15, 0.2) is 0 Å². The molecule has 1 saturated carbocycles. The van der Waals surface area contributed by atoms with Gasteiger partial charge in [0.2, 0.25) is 0 Å². The van der Waals surface area contributed by atoms with Crippen LogP contribution in [0.4, 0.5) is 0 Å². The van der Waals surface area contributed by atoms with Crippen LogP contribution in [0.3, 0.4) is 0 Å². The second kappa shape index (κ2) is 7.97. The topological polar surface area (TPSA) is 15.3 Å². The number of nitrogens with zero attached hydrogens (tertiary/aromatic N) is 1. The molecule has 0 aromatic carbocycles. The zero-order chi connectivity index (χ0) is 14.5. The summed E-state index contributed by atoms with van der Waals surface area (Å²) in [7, 11) is 0. The molecule has 1 aliphatic carbocycles. The largest absolute Gasteiger partial charge is 0.314 e. The van der Waals surface area contributed by atoms with Crippen molar-refractivity contribution in [2.24, 2.45) is 5.92 Å². The standard InChI is InChI=1S/C19H36N2/c1-2-12-20-17-14-18-10-5-11-19(15-17)21(18)13-6-9-16-7-3-4-8-16/h16-20H,2-15H2,1H3. The summed E-state index contributed by atoms with van der Waals surface area (Å²) in [5.41, 5.74) is 0. The van der Waals surface area contributed by atoms with Crippen molar-refractivity contribution in [2.45, 2.75) is 102 Å². The van der Waals surface area contributed by atoms with E-state index >= 15 is 0 Å². The third-order valence-electron chi connectivity index (χ3n) is 6.31. The Bertz CT molecular complexity index is 284. The maximum absolute atomic E-state index is 3.79. The Morgan fingerprint density at radius 1 is 0.952 bits per heavy atom. The van der Waals surface area contributed by atoms with Crippen LogP contribution in [-0.4, -0.2) is 36.1 Å². The fourth-order valence-electron chi connectivity index (χ4n) is 5.22. The average molecular weight is 293 g/mol. The van der Waals surface area contributed by atoms with Crippen molar-refractivity contribution in [3.63, 3.8) is 0 Å². The molecule has 1 N–H and O–H groups in total. The molecule has 0 aromatic rings. The number of piperidine rings is 2. The molecule has 3 rings (SSSR count). The van der Waals surface area contributed by atoms with E-state index in [1.54, 1.807) is 0 Å².